The normalized spacial score (nSPS) is 11.1. The number of anilines is 1. The molecule has 0 spiro atoms. The molecule has 2 aromatic heterocycles. The molecule has 0 radical (unpaired) electrons. The van der Waals surface area contributed by atoms with Gasteiger partial charge >= 0.3 is 0 Å². The highest BCUT2D eigenvalue weighted by atomic mass is 79.9. The maximum Gasteiger partial charge on any atom is 0.284 e. The van der Waals surface area contributed by atoms with E-state index in [0.29, 0.717) is 22.2 Å². The van der Waals surface area contributed by atoms with Gasteiger partial charge in [-0.15, -0.1) is 10.2 Å². The van der Waals surface area contributed by atoms with E-state index in [9.17, 15) is 0 Å². The van der Waals surface area contributed by atoms with E-state index in [1.165, 1.54) is 11.8 Å². The first-order valence-electron chi connectivity index (χ1n) is 7.63. The molecule has 0 aliphatic heterocycles. The Morgan fingerprint density at radius 1 is 1.08 bits per heavy atom. The molecule has 0 bridgehead atoms. The molecular formula is C16H17BrN6OS. The predicted octanol–water partition coefficient (Wildman–Crippen LogP) is 4.02. The van der Waals surface area contributed by atoms with Gasteiger partial charge in [0.15, 0.2) is 0 Å². The Morgan fingerprint density at radius 2 is 1.84 bits per heavy atom. The summed E-state index contributed by atoms with van der Waals surface area (Å²) in [5.74, 6) is 1.97. The van der Waals surface area contributed by atoms with E-state index in [-0.39, 0.29) is 5.92 Å². The summed E-state index contributed by atoms with van der Waals surface area (Å²) in [5.41, 5.74) is 0.842. The van der Waals surface area contributed by atoms with Gasteiger partial charge in [0.1, 0.15) is 5.82 Å². The molecule has 0 aliphatic carbocycles. The Morgan fingerprint density at radius 3 is 2.52 bits per heavy atom. The van der Waals surface area contributed by atoms with E-state index in [1.807, 2.05) is 57.1 Å². The third-order valence-electron chi connectivity index (χ3n) is 3.23. The van der Waals surface area contributed by atoms with Gasteiger partial charge in [-0.2, -0.15) is 9.97 Å². The van der Waals surface area contributed by atoms with Crippen molar-refractivity contribution in [1.29, 1.82) is 0 Å². The molecule has 2 heterocycles. The summed E-state index contributed by atoms with van der Waals surface area (Å²) < 4.78 is 6.65. The van der Waals surface area contributed by atoms with Crippen LogP contribution in [0.15, 0.2) is 43.5 Å². The minimum Gasteiger partial charge on any atom is -0.411 e. The summed E-state index contributed by atoms with van der Waals surface area (Å²) in [6.07, 6.45) is 0. The van der Waals surface area contributed by atoms with Gasteiger partial charge in [-0.05, 0) is 28.1 Å². The third kappa shape index (κ3) is 4.16. The van der Waals surface area contributed by atoms with E-state index in [2.05, 4.69) is 41.1 Å². The molecule has 3 rings (SSSR count). The van der Waals surface area contributed by atoms with Gasteiger partial charge in [-0.3, -0.25) is 0 Å². The lowest BCUT2D eigenvalue weighted by atomic mass is 10.2. The van der Waals surface area contributed by atoms with Crippen LogP contribution < -0.4 is 4.90 Å². The van der Waals surface area contributed by atoms with Crippen molar-refractivity contribution in [2.45, 2.75) is 30.1 Å². The summed E-state index contributed by atoms with van der Waals surface area (Å²) in [6, 6.07) is 7.69. The summed E-state index contributed by atoms with van der Waals surface area (Å²) in [7, 11) is 3.79. The number of rotatable bonds is 5. The second-order valence-electron chi connectivity index (χ2n) is 5.78. The van der Waals surface area contributed by atoms with Crippen LogP contribution in [0.5, 0.6) is 0 Å². The molecule has 25 heavy (non-hydrogen) atoms. The number of hydrogen-bond acceptors (Lipinski definition) is 8. The second kappa shape index (κ2) is 7.49. The van der Waals surface area contributed by atoms with Gasteiger partial charge < -0.3 is 9.32 Å². The molecule has 0 saturated heterocycles. The lowest BCUT2D eigenvalue weighted by Crippen LogP contribution is -2.15. The van der Waals surface area contributed by atoms with Gasteiger partial charge in [-0.25, -0.2) is 4.98 Å². The van der Waals surface area contributed by atoms with Crippen LogP contribution in [0.4, 0.5) is 5.95 Å². The van der Waals surface area contributed by atoms with Gasteiger partial charge in [0.2, 0.25) is 17.0 Å². The van der Waals surface area contributed by atoms with Crippen LogP contribution >= 0.6 is 27.7 Å². The van der Waals surface area contributed by atoms with Crippen LogP contribution in [-0.4, -0.2) is 39.2 Å². The monoisotopic (exact) mass is 420 g/mol. The molecule has 0 fully saturated rings. The smallest absolute Gasteiger partial charge is 0.284 e. The van der Waals surface area contributed by atoms with Gasteiger partial charge in [-0.1, -0.05) is 26.0 Å². The molecule has 0 atom stereocenters. The van der Waals surface area contributed by atoms with Crippen LogP contribution in [0.1, 0.15) is 25.6 Å². The van der Waals surface area contributed by atoms with Crippen molar-refractivity contribution in [3.8, 4) is 11.5 Å². The standard InChI is InChI=1S/C16H17BrN6OS/c1-9(2)12-18-14(23(3)4)20-15(19-12)25-16-22-21-13(24-16)10-7-5-6-8-11(10)17/h5-9H,1-4H3. The molecule has 7 nitrogen and oxygen atoms in total. The lowest BCUT2D eigenvalue weighted by Gasteiger charge is -2.13. The molecule has 0 saturated carbocycles. The number of aromatic nitrogens is 5. The van der Waals surface area contributed by atoms with E-state index >= 15 is 0 Å². The van der Waals surface area contributed by atoms with E-state index in [0.717, 1.165) is 15.9 Å². The zero-order valence-electron chi connectivity index (χ0n) is 14.3. The van der Waals surface area contributed by atoms with Crippen molar-refractivity contribution >= 4 is 33.6 Å². The number of hydrogen-bond donors (Lipinski definition) is 0. The Labute approximate surface area is 158 Å². The molecule has 0 aliphatic rings. The Kier molecular flexibility index (Phi) is 5.33. The maximum atomic E-state index is 5.75. The Bertz CT molecular complexity index is 856. The van der Waals surface area contributed by atoms with Crippen molar-refractivity contribution < 1.29 is 4.42 Å². The molecule has 1 aromatic carbocycles. The topological polar surface area (TPSA) is 80.8 Å². The van der Waals surface area contributed by atoms with E-state index in [4.69, 9.17) is 4.42 Å². The highest BCUT2D eigenvalue weighted by molar-refractivity contribution is 9.10. The minimum atomic E-state index is 0.194. The van der Waals surface area contributed by atoms with Crippen molar-refractivity contribution in [3.05, 3.63) is 34.6 Å². The largest absolute Gasteiger partial charge is 0.411 e. The van der Waals surface area contributed by atoms with Crippen molar-refractivity contribution in [2.24, 2.45) is 0 Å². The van der Waals surface area contributed by atoms with Crippen LogP contribution in [0.3, 0.4) is 0 Å². The van der Waals surface area contributed by atoms with Crippen molar-refractivity contribution in [3.63, 3.8) is 0 Å². The van der Waals surface area contributed by atoms with Crippen molar-refractivity contribution in [2.75, 3.05) is 19.0 Å². The van der Waals surface area contributed by atoms with Gasteiger partial charge in [0, 0.05) is 36.2 Å². The van der Waals surface area contributed by atoms with Crippen LogP contribution in [0.2, 0.25) is 0 Å². The molecular weight excluding hydrogens is 404 g/mol. The number of halogens is 1. The fourth-order valence-electron chi connectivity index (χ4n) is 1.94. The summed E-state index contributed by atoms with van der Waals surface area (Å²) in [6.45, 7) is 4.09. The summed E-state index contributed by atoms with van der Waals surface area (Å²) >= 11 is 4.71. The minimum absolute atomic E-state index is 0.194. The average molecular weight is 421 g/mol. The average Bonchev–Trinajstić information content (AvgIpc) is 3.03. The zero-order chi connectivity index (χ0) is 18.0. The highest BCUT2D eigenvalue weighted by Gasteiger charge is 2.16. The van der Waals surface area contributed by atoms with Gasteiger partial charge in [0.25, 0.3) is 5.22 Å². The first-order valence-corrected chi connectivity index (χ1v) is 9.24. The zero-order valence-corrected chi connectivity index (χ0v) is 16.7. The van der Waals surface area contributed by atoms with Crippen LogP contribution in [-0.2, 0) is 0 Å². The molecule has 9 heteroatoms. The maximum absolute atomic E-state index is 5.75. The number of nitrogens with zero attached hydrogens (tertiary/aromatic N) is 6. The van der Waals surface area contributed by atoms with Crippen LogP contribution in [0.25, 0.3) is 11.5 Å². The highest BCUT2D eigenvalue weighted by Crippen LogP contribution is 2.31. The fourth-order valence-corrected chi connectivity index (χ4v) is 3.02. The quantitative estimate of drug-likeness (QED) is 0.611. The predicted molar refractivity (Wildman–Crippen MR) is 99.8 cm³/mol. The molecule has 0 N–H and O–H groups in total. The van der Waals surface area contributed by atoms with E-state index < -0.39 is 0 Å². The second-order valence-corrected chi connectivity index (χ2v) is 7.55. The fraction of sp³-hybridized carbons (Fsp3) is 0.312. The van der Waals surface area contributed by atoms with Crippen molar-refractivity contribution in [1.82, 2.24) is 25.1 Å². The summed E-state index contributed by atoms with van der Waals surface area (Å²) in [5, 5.41) is 9.12. The Balaban J connectivity index is 1.89. The van der Waals surface area contributed by atoms with Crippen LogP contribution in [0, 0.1) is 0 Å². The van der Waals surface area contributed by atoms with Gasteiger partial charge in [0.05, 0.1) is 5.56 Å². The van der Waals surface area contributed by atoms with E-state index in [1.54, 1.807) is 0 Å². The first kappa shape index (κ1) is 17.8. The first-order chi connectivity index (χ1) is 11.9. The Hall–Kier alpha value is -2.00. The summed E-state index contributed by atoms with van der Waals surface area (Å²) in [4.78, 5) is 15.2. The SMILES string of the molecule is CC(C)c1nc(Sc2nnc(-c3ccccc3Br)o2)nc(N(C)C)n1. The third-order valence-corrected chi connectivity index (χ3v) is 4.62. The lowest BCUT2D eigenvalue weighted by molar-refractivity contribution is 0.465. The molecule has 0 amide bonds. The molecule has 130 valence electrons. The molecule has 0 unspecified atom stereocenters. The number of benzene rings is 1. The molecule has 3 aromatic rings.